The highest BCUT2D eigenvalue weighted by atomic mass is 32.2. The normalized spacial score (nSPS) is 18.2. The second-order valence-corrected chi connectivity index (χ2v) is 10.8. The summed E-state index contributed by atoms with van der Waals surface area (Å²) in [6, 6.07) is 8.07. The number of benzene rings is 1. The molecule has 0 bridgehead atoms. The van der Waals surface area contributed by atoms with E-state index in [0.29, 0.717) is 17.8 Å². The number of aromatic amines is 1. The number of rotatable bonds is 6. The molecule has 4 heterocycles. The van der Waals surface area contributed by atoms with Crippen LogP contribution in [0, 0.1) is 0 Å². The molecule has 1 amide bonds. The predicted molar refractivity (Wildman–Crippen MR) is 139 cm³/mol. The van der Waals surface area contributed by atoms with Gasteiger partial charge in [0, 0.05) is 49.7 Å². The van der Waals surface area contributed by atoms with E-state index in [0.717, 1.165) is 41.9 Å². The molecule has 1 aromatic carbocycles. The maximum Gasteiger partial charge on any atom is 0.263 e. The van der Waals surface area contributed by atoms with Crippen molar-refractivity contribution in [3.05, 3.63) is 58.1 Å². The Morgan fingerprint density at radius 3 is 2.88 bits per heavy atom. The Labute approximate surface area is 202 Å². The van der Waals surface area contributed by atoms with Gasteiger partial charge in [0.05, 0.1) is 23.8 Å². The first-order valence-corrected chi connectivity index (χ1v) is 12.8. The van der Waals surface area contributed by atoms with Crippen LogP contribution in [-0.4, -0.2) is 71.6 Å². The second-order valence-electron chi connectivity index (χ2n) is 8.48. The van der Waals surface area contributed by atoms with Gasteiger partial charge < -0.3 is 20.1 Å². The number of thiazole rings is 1. The van der Waals surface area contributed by atoms with E-state index in [1.165, 1.54) is 27.2 Å². The van der Waals surface area contributed by atoms with Crippen molar-refractivity contribution in [1.29, 1.82) is 0 Å². The van der Waals surface area contributed by atoms with Crippen LogP contribution in [0.1, 0.15) is 22.2 Å². The lowest BCUT2D eigenvalue weighted by molar-refractivity contribution is 0.0951. The van der Waals surface area contributed by atoms with Crippen LogP contribution in [-0.2, 0) is 6.42 Å². The molecule has 2 N–H and O–H groups in total. The number of carbonyl (C=O) groups is 1. The lowest BCUT2D eigenvalue weighted by atomic mass is 10.1. The van der Waals surface area contributed by atoms with Crippen molar-refractivity contribution in [3.8, 4) is 0 Å². The average molecular weight is 481 g/mol. The lowest BCUT2D eigenvalue weighted by Gasteiger charge is -2.32. The Bertz CT molecular complexity index is 1200. The van der Waals surface area contributed by atoms with Gasteiger partial charge in [0.1, 0.15) is 4.88 Å². The molecule has 2 aliphatic rings. The summed E-state index contributed by atoms with van der Waals surface area (Å²) in [5.41, 5.74) is 2.28. The number of hydrogen-bond acceptors (Lipinski definition) is 7. The van der Waals surface area contributed by atoms with Crippen molar-refractivity contribution in [3.63, 3.8) is 0 Å². The zero-order valence-corrected chi connectivity index (χ0v) is 20.5. The smallest absolute Gasteiger partial charge is 0.263 e. The Morgan fingerprint density at radius 2 is 2.06 bits per heavy atom. The number of piperazine rings is 1. The number of aromatic nitrogens is 2. The molecule has 1 fully saturated rings. The number of aliphatic imine (C=N–C) groups is 1. The number of hydrogen-bond donors (Lipinski definition) is 2. The Hall–Kier alpha value is -2.62. The van der Waals surface area contributed by atoms with Gasteiger partial charge in [-0.05, 0) is 30.5 Å². The number of nitrogens with one attached hydrogen (secondary N) is 2. The van der Waals surface area contributed by atoms with Gasteiger partial charge in [0.2, 0.25) is 0 Å². The van der Waals surface area contributed by atoms with Gasteiger partial charge in [0.15, 0.2) is 5.13 Å². The number of para-hydroxylation sites is 1. The van der Waals surface area contributed by atoms with Gasteiger partial charge in [0.25, 0.3) is 5.91 Å². The highest BCUT2D eigenvalue weighted by Gasteiger charge is 2.25. The van der Waals surface area contributed by atoms with Crippen LogP contribution in [0.15, 0.2) is 52.6 Å². The summed E-state index contributed by atoms with van der Waals surface area (Å²) in [4.78, 5) is 32.3. The Balaban J connectivity index is 1.35. The first-order chi connectivity index (χ1) is 16.1. The van der Waals surface area contributed by atoms with Gasteiger partial charge in [-0.2, -0.15) is 0 Å². The van der Waals surface area contributed by atoms with Crippen molar-refractivity contribution >= 4 is 50.1 Å². The SMILES string of the molecule is CC1=CCN=C(C(Cc2c[nH]c3ccccc23)NC(=O)c2cnc(N3CCN(C)CC3)s2)S1. The van der Waals surface area contributed by atoms with E-state index in [-0.39, 0.29) is 11.9 Å². The molecule has 1 saturated heterocycles. The van der Waals surface area contributed by atoms with Crippen molar-refractivity contribution in [1.82, 2.24) is 20.2 Å². The number of thioether (sulfide) groups is 1. The number of H-pyrrole nitrogens is 1. The first-order valence-electron chi connectivity index (χ1n) is 11.2. The number of likely N-dealkylation sites (N-methyl/N-ethyl adjacent to an activating group) is 1. The van der Waals surface area contributed by atoms with Crippen LogP contribution >= 0.6 is 23.1 Å². The van der Waals surface area contributed by atoms with E-state index in [1.54, 1.807) is 18.0 Å². The maximum atomic E-state index is 13.3. The fourth-order valence-electron chi connectivity index (χ4n) is 4.15. The van der Waals surface area contributed by atoms with E-state index >= 15 is 0 Å². The number of anilines is 1. The number of carbonyl (C=O) groups excluding carboxylic acids is 1. The van der Waals surface area contributed by atoms with E-state index in [9.17, 15) is 4.79 Å². The van der Waals surface area contributed by atoms with Crippen LogP contribution in [0.3, 0.4) is 0 Å². The number of amides is 1. The zero-order valence-electron chi connectivity index (χ0n) is 18.9. The molecule has 0 saturated carbocycles. The monoisotopic (exact) mass is 480 g/mol. The third-order valence-electron chi connectivity index (χ3n) is 6.08. The highest BCUT2D eigenvalue weighted by Crippen LogP contribution is 2.28. The predicted octanol–water partition coefficient (Wildman–Crippen LogP) is 3.77. The third kappa shape index (κ3) is 5.00. The third-order valence-corrected chi connectivity index (χ3v) is 8.25. The first kappa shape index (κ1) is 22.2. The second kappa shape index (κ2) is 9.70. The summed E-state index contributed by atoms with van der Waals surface area (Å²) in [6.45, 7) is 6.65. The van der Waals surface area contributed by atoms with Gasteiger partial charge in [-0.3, -0.25) is 9.79 Å². The molecule has 5 rings (SSSR count). The summed E-state index contributed by atoms with van der Waals surface area (Å²) < 4.78 is 0. The summed E-state index contributed by atoms with van der Waals surface area (Å²) >= 11 is 3.12. The van der Waals surface area contributed by atoms with Crippen LogP contribution in [0.25, 0.3) is 10.9 Å². The summed E-state index contributed by atoms with van der Waals surface area (Å²) in [6.07, 6.45) is 6.54. The van der Waals surface area contributed by atoms with E-state index < -0.39 is 0 Å². The van der Waals surface area contributed by atoms with E-state index in [4.69, 9.17) is 4.99 Å². The van der Waals surface area contributed by atoms with Crippen LogP contribution in [0.5, 0.6) is 0 Å². The van der Waals surface area contributed by atoms with Crippen molar-refractivity contribution < 1.29 is 4.79 Å². The van der Waals surface area contributed by atoms with Crippen molar-refractivity contribution in [2.75, 3.05) is 44.7 Å². The zero-order chi connectivity index (χ0) is 22.8. The minimum Gasteiger partial charge on any atom is -0.361 e. The fourth-order valence-corrected chi connectivity index (χ4v) is 5.93. The minimum absolute atomic E-state index is 0.0896. The van der Waals surface area contributed by atoms with Gasteiger partial charge >= 0.3 is 0 Å². The molecule has 3 aromatic rings. The molecule has 1 unspecified atom stereocenters. The highest BCUT2D eigenvalue weighted by molar-refractivity contribution is 8.17. The molecule has 1 atom stereocenters. The maximum absolute atomic E-state index is 13.3. The number of allylic oxidation sites excluding steroid dienone is 1. The molecular weight excluding hydrogens is 452 g/mol. The van der Waals surface area contributed by atoms with Crippen LogP contribution in [0.2, 0.25) is 0 Å². The van der Waals surface area contributed by atoms with Gasteiger partial charge in [-0.1, -0.05) is 47.4 Å². The molecular formula is C24H28N6OS2. The molecule has 0 spiro atoms. The van der Waals surface area contributed by atoms with Crippen LogP contribution in [0.4, 0.5) is 5.13 Å². The summed E-state index contributed by atoms with van der Waals surface area (Å²) in [5.74, 6) is -0.0896. The van der Waals surface area contributed by atoms with Gasteiger partial charge in [-0.25, -0.2) is 4.98 Å². The van der Waals surface area contributed by atoms with Gasteiger partial charge in [-0.15, -0.1) is 0 Å². The molecule has 2 aromatic heterocycles. The lowest BCUT2D eigenvalue weighted by Crippen LogP contribution is -2.44. The van der Waals surface area contributed by atoms with E-state index in [1.807, 2.05) is 18.3 Å². The molecule has 0 aliphatic carbocycles. The summed E-state index contributed by atoms with van der Waals surface area (Å²) in [7, 11) is 2.13. The molecule has 0 radical (unpaired) electrons. The van der Waals surface area contributed by atoms with Crippen molar-refractivity contribution in [2.24, 2.45) is 4.99 Å². The molecule has 7 nitrogen and oxygen atoms in total. The summed E-state index contributed by atoms with van der Waals surface area (Å²) in [5, 5.41) is 6.32. The standard InChI is InChI=1S/C24H28N6OS2/c1-16-7-8-25-23(32-16)20(13-17-14-26-19-6-4-3-5-18(17)19)28-22(31)21-15-27-24(33-21)30-11-9-29(2)10-12-30/h3-7,14-15,20,26H,8-13H2,1-2H3,(H,28,31). The minimum atomic E-state index is -0.195. The Morgan fingerprint density at radius 1 is 1.24 bits per heavy atom. The molecule has 2 aliphatic heterocycles. The average Bonchev–Trinajstić information content (AvgIpc) is 3.47. The number of nitrogens with zero attached hydrogens (tertiary/aromatic N) is 4. The topological polar surface area (TPSA) is 76.6 Å². The van der Waals surface area contributed by atoms with Crippen molar-refractivity contribution in [2.45, 2.75) is 19.4 Å². The largest absolute Gasteiger partial charge is 0.361 e. The fraction of sp³-hybridized carbons (Fsp3) is 0.375. The van der Waals surface area contributed by atoms with Crippen LogP contribution < -0.4 is 10.2 Å². The van der Waals surface area contributed by atoms with E-state index in [2.05, 4.69) is 57.3 Å². The molecule has 172 valence electrons. The molecule has 9 heteroatoms. The quantitative estimate of drug-likeness (QED) is 0.562. The number of fused-ring (bicyclic) bond motifs is 1. The molecule has 33 heavy (non-hydrogen) atoms. The Kier molecular flexibility index (Phi) is 6.52.